The summed E-state index contributed by atoms with van der Waals surface area (Å²) >= 11 is 0. The van der Waals surface area contributed by atoms with Crippen LogP contribution in [0, 0.1) is 11.3 Å². The van der Waals surface area contributed by atoms with Gasteiger partial charge in [-0.1, -0.05) is 115 Å². The smallest absolute Gasteiger partial charge is 0.101 e. The lowest BCUT2D eigenvalue weighted by molar-refractivity contribution is 0.795. The SMILES string of the molecule is N#Cc1cncc(-c2cccc(-c3ccc4c(c3)C3(c5ccccc5-c5ccccc53)c3ccc5ccccc5c3-4)c2)c1. The van der Waals surface area contributed by atoms with Gasteiger partial charge >= 0.3 is 0 Å². The fraction of sp³-hybridized carbons (Fsp3) is 0.0244. The van der Waals surface area contributed by atoms with E-state index >= 15 is 0 Å². The molecule has 0 aliphatic heterocycles. The molecule has 2 aliphatic rings. The van der Waals surface area contributed by atoms with Crippen LogP contribution in [0.1, 0.15) is 27.8 Å². The van der Waals surface area contributed by atoms with E-state index in [4.69, 9.17) is 0 Å². The Morgan fingerprint density at radius 2 is 1.19 bits per heavy atom. The molecule has 43 heavy (non-hydrogen) atoms. The zero-order valence-electron chi connectivity index (χ0n) is 23.3. The second kappa shape index (κ2) is 8.86. The molecule has 1 spiro atoms. The zero-order chi connectivity index (χ0) is 28.5. The lowest BCUT2D eigenvalue weighted by atomic mass is 9.70. The number of pyridine rings is 1. The maximum Gasteiger partial charge on any atom is 0.101 e. The molecule has 0 saturated heterocycles. The molecule has 0 amide bonds. The molecule has 2 heteroatoms. The molecule has 2 nitrogen and oxygen atoms in total. The Kier molecular flexibility index (Phi) is 4.92. The molecule has 9 rings (SSSR count). The molecule has 1 aromatic heterocycles. The van der Waals surface area contributed by atoms with Gasteiger partial charge in [0.1, 0.15) is 6.07 Å². The summed E-state index contributed by atoms with van der Waals surface area (Å²) in [6.07, 6.45) is 3.43. The van der Waals surface area contributed by atoms with Crippen molar-refractivity contribution >= 4 is 10.8 Å². The van der Waals surface area contributed by atoms with Crippen LogP contribution in [-0.4, -0.2) is 4.98 Å². The van der Waals surface area contributed by atoms with Crippen LogP contribution in [0.3, 0.4) is 0 Å². The van der Waals surface area contributed by atoms with Crippen LogP contribution >= 0.6 is 0 Å². The molecular weight excluding hydrogens is 520 g/mol. The van der Waals surface area contributed by atoms with Crippen LogP contribution in [0.4, 0.5) is 0 Å². The Labute approximate surface area is 250 Å². The Hall–Kier alpha value is -5.78. The normalized spacial score (nSPS) is 13.3. The molecule has 7 aromatic rings. The number of nitriles is 1. The summed E-state index contributed by atoms with van der Waals surface area (Å²) in [6, 6.07) is 51.0. The number of rotatable bonds is 2. The third-order valence-corrected chi connectivity index (χ3v) is 9.37. The van der Waals surface area contributed by atoms with E-state index in [1.54, 1.807) is 6.20 Å². The van der Waals surface area contributed by atoms with Crippen molar-refractivity contribution in [1.82, 2.24) is 4.98 Å². The highest BCUT2D eigenvalue weighted by molar-refractivity contribution is 6.06. The third kappa shape index (κ3) is 3.19. The van der Waals surface area contributed by atoms with Gasteiger partial charge < -0.3 is 0 Å². The van der Waals surface area contributed by atoms with Crippen molar-refractivity contribution in [2.45, 2.75) is 5.41 Å². The standard InChI is InChI=1S/C41H24N2/c42-23-26-20-31(25-43-24-26)29-10-7-9-28(21-29)30-16-18-35-39(22-30)41(38-19-17-27-8-1-2-11-32(27)40(35)38)36-14-5-3-12-33(36)34-13-4-6-15-37(34)41/h1-22,24-25H. The van der Waals surface area contributed by atoms with Crippen LogP contribution in [0.2, 0.25) is 0 Å². The minimum Gasteiger partial charge on any atom is -0.263 e. The van der Waals surface area contributed by atoms with Crippen LogP contribution in [0.15, 0.2) is 146 Å². The van der Waals surface area contributed by atoms with E-state index in [1.807, 2.05) is 12.3 Å². The van der Waals surface area contributed by atoms with Crippen molar-refractivity contribution in [1.29, 1.82) is 5.26 Å². The predicted molar refractivity (Wildman–Crippen MR) is 174 cm³/mol. The number of nitrogens with zero attached hydrogens (tertiary/aromatic N) is 2. The Balaban J connectivity index is 1.34. The number of fused-ring (bicyclic) bond motifs is 12. The van der Waals surface area contributed by atoms with Gasteiger partial charge in [0.15, 0.2) is 0 Å². The molecule has 0 atom stereocenters. The van der Waals surface area contributed by atoms with Gasteiger partial charge in [-0.2, -0.15) is 5.26 Å². The second-order valence-electron chi connectivity index (χ2n) is 11.5. The minimum atomic E-state index is -0.402. The quantitative estimate of drug-likeness (QED) is 0.217. The van der Waals surface area contributed by atoms with Crippen molar-refractivity contribution in [2.75, 3.05) is 0 Å². The monoisotopic (exact) mass is 544 g/mol. The van der Waals surface area contributed by atoms with Gasteiger partial charge in [-0.25, -0.2) is 0 Å². The Morgan fingerprint density at radius 3 is 1.98 bits per heavy atom. The number of benzene rings is 6. The van der Waals surface area contributed by atoms with Crippen LogP contribution < -0.4 is 0 Å². The summed E-state index contributed by atoms with van der Waals surface area (Å²) in [5.74, 6) is 0. The van der Waals surface area contributed by atoms with E-state index in [2.05, 4.69) is 138 Å². The molecule has 0 saturated carbocycles. The van der Waals surface area contributed by atoms with Gasteiger partial charge in [-0.15, -0.1) is 0 Å². The zero-order valence-corrected chi connectivity index (χ0v) is 23.3. The van der Waals surface area contributed by atoms with Gasteiger partial charge in [0, 0.05) is 18.0 Å². The topological polar surface area (TPSA) is 36.7 Å². The van der Waals surface area contributed by atoms with E-state index in [0.717, 1.165) is 16.7 Å². The third-order valence-electron chi connectivity index (χ3n) is 9.37. The molecule has 0 unspecified atom stereocenters. The van der Waals surface area contributed by atoms with Crippen LogP contribution in [0.25, 0.3) is 55.3 Å². The first-order chi connectivity index (χ1) is 21.3. The van der Waals surface area contributed by atoms with E-state index < -0.39 is 5.41 Å². The summed E-state index contributed by atoms with van der Waals surface area (Å²) in [5, 5.41) is 12.0. The van der Waals surface area contributed by atoms with E-state index in [0.29, 0.717) is 5.56 Å². The van der Waals surface area contributed by atoms with Crippen molar-refractivity contribution < 1.29 is 0 Å². The fourth-order valence-corrected chi connectivity index (χ4v) is 7.62. The van der Waals surface area contributed by atoms with Gasteiger partial charge in [0.05, 0.1) is 11.0 Å². The van der Waals surface area contributed by atoms with Gasteiger partial charge in [0.25, 0.3) is 0 Å². The summed E-state index contributed by atoms with van der Waals surface area (Å²) in [7, 11) is 0. The summed E-state index contributed by atoms with van der Waals surface area (Å²) < 4.78 is 0. The number of hydrogen-bond acceptors (Lipinski definition) is 2. The maximum atomic E-state index is 9.42. The average Bonchev–Trinajstić information content (AvgIpc) is 3.55. The highest BCUT2D eigenvalue weighted by atomic mass is 14.6. The highest BCUT2D eigenvalue weighted by Crippen LogP contribution is 2.64. The largest absolute Gasteiger partial charge is 0.263 e. The number of hydrogen-bond donors (Lipinski definition) is 0. The molecule has 0 radical (unpaired) electrons. The lowest BCUT2D eigenvalue weighted by Gasteiger charge is -2.30. The lowest BCUT2D eigenvalue weighted by Crippen LogP contribution is -2.25. The van der Waals surface area contributed by atoms with E-state index in [-0.39, 0.29) is 0 Å². The molecule has 0 fully saturated rings. The Morgan fingerprint density at radius 1 is 0.488 bits per heavy atom. The molecule has 2 aliphatic carbocycles. The molecule has 0 bridgehead atoms. The fourth-order valence-electron chi connectivity index (χ4n) is 7.62. The second-order valence-corrected chi connectivity index (χ2v) is 11.5. The molecular formula is C41H24N2. The van der Waals surface area contributed by atoms with Gasteiger partial charge in [0.2, 0.25) is 0 Å². The van der Waals surface area contributed by atoms with Gasteiger partial charge in [-0.3, -0.25) is 4.98 Å². The van der Waals surface area contributed by atoms with Crippen LogP contribution in [-0.2, 0) is 5.41 Å². The summed E-state index contributed by atoms with van der Waals surface area (Å²) in [5.41, 5.74) is 15.1. The highest BCUT2D eigenvalue weighted by Gasteiger charge is 2.52. The number of aromatic nitrogens is 1. The van der Waals surface area contributed by atoms with Crippen molar-refractivity contribution in [3.05, 3.63) is 174 Å². The van der Waals surface area contributed by atoms with E-state index in [1.165, 1.54) is 60.8 Å². The molecule has 1 heterocycles. The maximum absolute atomic E-state index is 9.42. The van der Waals surface area contributed by atoms with E-state index in [9.17, 15) is 5.26 Å². The summed E-state index contributed by atoms with van der Waals surface area (Å²) in [4.78, 5) is 4.30. The minimum absolute atomic E-state index is 0.402. The van der Waals surface area contributed by atoms with Crippen molar-refractivity contribution in [3.8, 4) is 50.6 Å². The molecule has 198 valence electrons. The first-order valence-corrected chi connectivity index (χ1v) is 14.6. The predicted octanol–water partition coefficient (Wildman–Crippen LogP) is 9.78. The molecule has 6 aromatic carbocycles. The Bertz CT molecular complexity index is 2280. The van der Waals surface area contributed by atoms with Crippen LogP contribution in [0.5, 0.6) is 0 Å². The molecule has 0 N–H and O–H groups in total. The van der Waals surface area contributed by atoms with Crippen molar-refractivity contribution in [3.63, 3.8) is 0 Å². The van der Waals surface area contributed by atoms with Gasteiger partial charge in [-0.05, 0) is 90.2 Å². The summed E-state index contributed by atoms with van der Waals surface area (Å²) in [6.45, 7) is 0. The van der Waals surface area contributed by atoms with Crippen molar-refractivity contribution in [2.24, 2.45) is 0 Å². The first kappa shape index (κ1) is 23.9. The average molecular weight is 545 g/mol. The first-order valence-electron chi connectivity index (χ1n) is 14.6.